The Kier molecular flexibility index (Phi) is 3.43. The van der Waals surface area contributed by atoms with Crippen LogP contribution in [-0.2, 0) is 0 Å². The molecular formula is C17H19NO2. The standard InChI is InChI=1S/C17H19NO2/c1-12(19)15-11-18(16-10-6-5-9-14(15)16)17(20)13-7-3-2-4-8-13/h5-6,9-11,13H,2-4,7-8H2,1H3. The molecule has 3 nitrogen and oxygen atoms in total. The zero-order valence-electron chi connectivity index (χ0n) is 11.8. The van der Waals surface area contributed by atoms with E-state index in [4.69, 9.17) is 0 Å². The highest BCUT2D eigenvalue weighted by molar-refractivity contribution is 6.09. The first-order valence-electron chi connectivity index (χ1n) is 7.33. The molecule has 1 fully saturated rings. The van der Waals surface area contributed by atoms with Gasteiger partial charge in [0.05, 0.1) is 5.52 Å². The van der Waals surface area contributed by atoms with Crippen LogP contribution in [0, 0.1) is 5.92 Å². The smallest absolute Gasteiger partial charge is 0.234 e. The van der Waals surface area contributed by atoms with Gasteiger partial charge in [-0.3, -0.25) is 14.2 Å². The largest absolute Gasteiger partial charge is 0.294 e. The summed E-state index contributed by atoms with van der Waals surface area (Å²) < 4.78 is 1.70. The molecule has 104 valence electrons. The van der Waals surface area contributed by atoms with E-state index in [-0.39, 0.29) is 17.6 Å². The molecule has 1 saturated carbocycles. The average molecular weight is 269 g/mol. The lowest BCUT2D eigenvalue weighted by molar-refractivity contribution is 0.0807. The second-order valence-corrected chi connectivity index (χ2v) is 5.66. The number of benzene rings is 1. The van der Waals surface area contributed by atoms with Gasteiger partial charge >= 0.3 is 0 Å². The topological polar surface area (TPSA) is 39.1 Å². The Morgan fingerprint density at radius 1 is 1.10 bits per heavy atom. The van der Waals surface area contributed by atoms with Gasteiger partial charge in [0.1, 0.15) is 0 Å². The van der Waals surface area contributed by atoms with Crippen molar-refractivity contribution in [1.29, 1.82) is 0 Å². The minimum absolute atomic E-state index is 0.0106. The average Bonchev–Trinajstić information content (AvgIpc) is 2.87. The third-order valence-corrected chi connectivity index (χ3v) is 4.28. The van der Waals surface area contributed by atoms with Crippen LogP contribution in [0.3, 0.4) is 0 Å². The van der Waals surface area contributed by atoms with Crippen LogP contribution in [0.15, 0.2) is 30.5 Å². The summed E-state index contributed by atoms with van der Waals surface area (Å²) in [5.41, 5.74) is 1.50. The van der Waals surface area contributed by atoms with E-state index in [1.54, 1.807) is 17.7 Å². The van der Waals surface area contributed by atoms with E-state index < -0.39 is 0 Å². The molecule has 0 aliphatic heterocycles. The van der Waals surface area contributed by atoms with Gasteiger partial charge in [-0.2, -0.15) is 0 Å². The highest BCUT2D eigenvalue weighted by Gasteiger charge is 2.24. The van der Waals surface area contributed by atoms with Gasteiger partial charge in [-0.1, -0.05) is 37.5 Å². The lowest BCUT2D eigenvalue weighted by Crippen LogP contribution is -2.23. The molecule has 3 rings (SSSR count). The number of rotatable bonds is 2. The van der Waals surface area contributed by atoms with Crippen molar-refractivity contribution in [3.63, 3.8) is 0 Å². The Hall–Kier alpha value is -1.90. The van der Waals surface area contributed by atoms with E-state index in [1.165, 1.54) is 6.42 Å². The molecular weight excluding hydrogens is 250 g/mol. The van der Waals surface area contributed by atoms with Gasteiger partial charge in [0, 0.05) is 23.1 Å². The van der Waals surface area contributed by atoms with E-state index in [2.05, 4.69) is 0 Å². The van der Waals surface area contributed by atoms with Crippen LogP contribution in [0.1, 0.15) is 54.2 Å². The molecule has 0 N–H and O–H groups in total. The van der Waals surface area contributed by atoms with Gasteiger partial charge in [-0.15, -0.1) is 0 Å². The van der Waals surface area contributed by atoms with E-state index >= 15 is 0 Å². The highest BCUT2D eigenvalue weighted by Crippen LogP contribution is 2.28. The van der Waals surface area contributed by atoms with Crippen molar-refractivity contribution < 1.29 is 9.59 Å². The van der Waals surface area contributed by atoms with Gasteiger partial charge in [0.25, 0.3) is 0 Å². The Morgan fingerprint density at radius 2 is 1.80 bits per heavy atom. The fraction of sp³-hybridized carbons (Fsp3) is 0.412. The lowest BCUT2D eigenvalue weighted by Gasteiger charge is -2.20. The lowest BCUT2D eigenvalue weighted by atomic mass is 9.88. The van der Waals surface area contributed by atoms with Crippen molar-refractivity contribution in [1.82, 2.24) is 4.57 Å². The summed E-state index contributed by atoms with van der Waals surface area (Å²) in [6, 6.07) is 7.65. The molecule has 0 atom stereocenters. The number of ketones is 1. The molecule has 0 saturated heterocycles. The maximum atomic E-state index is 12.7. The normalized spacial score (nSPS) is 16.4. The van der Waals surface area contributed by atoms with Crippen molar-refractivity contribution in [3.8, 4) is 0 Å². The second-order valence-electron chi connectivity index (χ2n) is 5.66. The molecule has 2 aromatic rings. The molecule has 0 bridgehead atoms. The predicted octanol–water partition coefficient (Wildman–Crippen LogP) is 4.06. The molecule has 0 radical (unpaired) electrons. The van der Waals surface area contributed by atoms with Crippen LogP contribution in [0.25, 0.3) is 10.9 Å². The number of Topliss-reactive ketones (excluding diaryl/α,β-unsaturated/α-hetero) is 1. The molecule has 20 heavy (non-hydrogen) atoms. The predicted molar refractivity (Wildman–Crippen MR) is 79.1 cm³/mol. The van der Waals surface area contributed by atoms with Crippen molar-refractivity contribution in [3.05, 3.63) is 36.0 Å². The Morgan fingerprint density at radius 3 is 2.50 bits per heavy atom. The first-order chi connectivity index (χ1) is 9.68. The Balaban J connectivity index is 2.06. The number of hydrogen-bond donors (Lipinski definition) is 0. The molecule has 1 heterocycles. The van der Waals surface area contributed by atoms with Crippen LogP contribution in [0.4, 0.5) is 0 Å². The molecule has 1 aliphatic carbocycles. The molecule has 1 aromatic carbocycles. The molecule has 0 spiro atoms. The number of fused-ring (bicyclic) bond motifs is 1. The van der Waals surface area contributed by atoms with Crippen molar-refractivity contribution in [2.24, 2.45) is 5.92 Å². The zero-order valence-corrected chi connectivity index (χ0v) is 11.8. The van der Waals surface area contributed by atoms with Crippen molar-refractivity contribution >= 4 is 22.6 Å². The fourth-order valence-corrected chi connectivity index (χ4v) is 3.19. The molecule has 0 amide bonds. The van der Waals surface area contributed by atoms with Crippen LogP contribution < -0.4 is 0 Å². The summed E-state index contributed by atoms with van der Waals surface area (Å²) in [6.45, 7) is 1.55. The molecule has 1 aliphatic rings. The third-order valence-electron chi connectivity index (χ3n) is 4.28. The Labute approximate surface area is 118 Å². The van der Waals surface area contributed by atoms with Crippen molar-refractivity contribution in [2.75, 3.05) is 0 Å². The number of nitrogens with zero attached hydrogens (tertiary/aromatic N) is 1. The van der Waals surface area contributed by atoms with Crippen LogP contribution in [0.2, 0.25) is 0 Å². The summed E-state index contributed by atoms with van der Waals surface area (Å²) >= 11 is 0. The first kappa shape index (κ1) is 13.1. The maximum absolute atomic E-state index is 12.7. The summed E-state index contributed by atoms with van der Waals surface area (Å²) in [7, 11) is 0. The summed E-state index contributed by atoms with van der Waals surface area (Å²) in [4.78, 5) is 24.4. The van der Waals surface area contributed by atoms with E-state index in [0.717, 1.165) is 36.6 Å². The summed E-state index contributed by atoms with van der Waals surface area (Å²) in [6.07, 6.45) is 7.17. The number of carbonyl (C=O) groups is 2. The maximum Gasteiger partial charge on any atom is 0.234 e. The zero-order chi connectivity index (χ0) is 14.1. The van der Waals surface area contributed by atoms with Gasteiger partial charge in [0.2, 0.25) is 5.91 Å². The van der Waals surface area contributed by atoms with E-state index in [9.17, 15) is 9.59 Å². The van der Waals surface area contributed by atoms with Crippen LogP contribution >= 0.6 is 0 Å². The summed E-state index contributed by atoms with van der Waals surface area (Å²) in [5.74, 6) is 0.268. The minimum atomic E-state index is 0.0106. The monoisotopic (exact) mass is 269 g/mol. The number of para-hydroxylation sites is 1. The Bertz CT molecular complexity index is 663. The first-order valence-corrected chi connectivity index (χ1v) is 7.33. The summed E-state index contributed by atoms with van der Waals surface area (Å²) in [5, 5.41) is 0.879. The number of hydrogen-bond acceptors (Lipinski definition) is 2. The van der Waals surface area contributed by atoms with Crippen LogP contribution in [0.5, 0.6) is 0 Å². The number of aromatic nitrogens is 1. The van der Waals surface area contributed by atoms with Crippen LogP contribution in [-0.4, -0.2) is 16.3 Å². The van der Waals surface area contributed by atoms with Gasteiger partial charge in [-0.05, 0) is 25.8 Å². The fourth-order valence-electron chi connectivity index (χ4n) is 3.19. The van der Waals surface area contributed by atoms with E-state index in [1.807, 2.05) is 24.3 Å². The third kappa shape index (κ3) is 2.17. The van der Waals surface area contributed by atoms with Crippen molar-refractivity contribution in [2.45, 2.75) is 39.0 Å². The second kappa shape index (κ2) is 5.23. The molecule has 3 heteroatoms. The van der Waals surface area contributed by atoms with Gasteiger partial charge < -0.3 is 0 Å². The molecule has 1 aromatic heterocycles. The number of carbonyl (C=O) groups excluding carboxylic acids is 2. The van der Waals surface area contributed by atoms with E-state index in [0.29, 0.717) is 5.56 Å². The SMILES string of the molecule is CC(=O)c1cn(C(=O)C2CCCCC2)c2ccccc12. The highest BCUT2D eigenvalue weighted by atomic mass is 16.2. The quantitative estimate of drug-likeness (QED) is 0.771. The van der Waals surface area contributed by atoms with Gasteiger partial charge in [-0.25, -0.2) is 0 Å². The molecule has 0 unspecified atom stereocenters. The van der Waals surface area contributed by atoms with Gasteiger partial charge in [0.15, 0.2) is 5.78 Å². The minimum Gasteiger partial charge on any atom is -0.294 e.